The van der Waals surface area contributed by atoms with Crippen LogP contribution in [0.2, 0.25) is 0 Å². The van der Waals surface area contributed by atoms with Crippen molar-refractivity contribution in [2.24, 2.45) is 0 Å². The van der Waals surface area contributed by atoms with Gasteiger partial charge in [0.15, 0.2) is 6.29 Å². The average molecular weight is 204 g/mol. The predicted molar refractivity (Wildman–Crippen MR) is 49.8 cm³/mol. The molecule has 0 saturated carbocycles. The molecule has 0 unspecified atom stereocenters. The molecule has 0 saturated heterocycles. The number of carbonyl (C=O) groups is 1. The Morgan fingerprint density at radius 3 is 2.14 bits per heavy atom. The number of rotatable bonds is 6. The van der Waals surface area contributed by atoms with Crippen LogP contribution in [0.4, 0.5) is 0 Å². The van der Waals surface area contributed by atoms with E-state index in [9.17, 15) is 4.79 Å². The number of aliphatic hydroxyl groups is 1. The second-order valence-electron chi connectivity index (χ2n) is 2.32. The minimum Gasteiger partial charge on any atom is -0.515 e. The highest BCUT2D eigenvalue weighted by atomic mass is 16.7. The summed E-state index contributed by atoms with van der Waals surface area (Å²) in [7, 11) is 1.22. The number of methoxy groups -OCH3 is 1. The number of aliphatic hydroxyl groups excluding tert-OH is 1. The molecule has 0 rings (SSSR count). The molecular formula is C9H16O5. The first-order valence-corrected chi connectivity index (χ1v) is 4.37. The third-order valence-corrected chi connectivity index (χ3v) is 1.45. The maximum Gasteiger partial charge on any atom is 0.342 e. The molecule has 0 amide bonds. The quantitative estimate of drug-likeness (QED) is 0.302. The zero-order valence-corrected chi connectivity index (χ0v) is 8.65. The molecule has 14 heavy (non-hydrogen) atoms. The first-order valence-electron chi connectivity index (χ1n) is 4.37. The van der Waals surface area contributed by atoms with E-state index in [2.05, 4.69) is 4.74 Å². The van der Waals surface area contributed by atoms with Crippen molar-refractivity contribution in [1.82, 2.24) is 0 Å². The first-order chi connectivity index (χ1) is 6.71. The van der Waals surface area contributed by atoms with Gasteiger partial charge in [-0.1, -0.05) is 0 Å². The van der Waals surface area contributed by atoms with Gasteiger partial charge in [-0.05, 0) is 13.8 Å². The second-order valence-corrected chi connectivity index (χ2v) is 2.32. The van der Waals surface area contributed by atoms with Gasteiger partial charge >= 0.3 is 5.97 Å². The lowest BCUT2D eigenvalue weighted by atomic mass is 10.3. The van der Waals surface area contributed by atoms with Crippen LogP contribution in [0.3, 0.4) is 0 Å². The summed E-state index contributed by atoms with van der Waals surface area (Å²) in [6.07, 6.45) is -0.232. The van der Waals surface area contributed by atoms with Crippen molar-refractivity contribution in [1.29, 1.82) is 0 Å². The molecule has 0 radical (unpaired) electrons. The maximum absolute atomic E-state index is 11.1. The molecule has 0 heterocycles. The van der Waals surface area contributed by atoms with Gasteiger partial charge in [-0.25, -0.2) is 4.79 Å². The van der Waals surface area contributed by atoms with Gasteiger partial charge in [-0.2, -0.15) is 0 Å². The highest BCUT2D eigenvalue weighted by molar-refractivity contribution is 5.88. The Morgan fingerprint density at radius 2 is 1.86 bits per heavy atom. The molecule has 0 aliphatic heterocycles. The number of hydrogen-bond donors (Lipinski definition) is 1. The molecule has 5 nitrogen and oxygen atoms in total. The number of ether oxygens (including phenoxy) is 3. The van der Waals surface area contributed by atoms with Crippen LogP contribution in [0.5, 0.6) is 0 Å². The molecule has 1 N–H and O–H groups in total. The van der Waals surface area contributed by atoms with Crippen LogP contribution in [-0.4, -0.2) is 37.7 Å². The third-order valence-electron chi connectivity index (χ3n) is 1.45. The van der Waals surface area contributed by atoms with Crippen molar-refractivity contribution in [3.63, 3.8) is 0 Å². The van der Waals surface area contributed by atoms with E-state index in [4.69, 9.17) is 14.6 Å². The normalized spacial score (nSPS) is 11.9. The Hall–Kier alpha value is -1.07. The van der Waals surface area contributed by atoms with Gasteiger partial charge in [0.1, 0.15) is 5.57 Å². The maximum atomic E-state index is 11.1. The van der Waals surface area contributed by atoms with Crippen molar-refractivity contribution in [3.05, 3.63) is 11.8 Å². The van der Waals surface area contributed by atoms with Gasteiger partial charge in [0.05, 0.1) is 13.4 Å². The summed E-state index contributed by atoms with van der Waals surface area (Å²) in [5, 5.41) is 8.83. The van der Waals surface area contributed by atoms with Gasteiger partial charge in [0.25, 0.3) is 0 Å². The Kier molecular flexibility index (Phi) is 6.78. The Balaban J connectivity index is 4.50. The highest BCUT2D eigenvalue weighted by Crippen LogP contribution is 2.10. The molecule has 5 heteroatoms. The van der Waals surface area contributed by atoms with Gasteiger partial charge in [-0.3, -0.25) is 0 Å². The van der Waals surface area contributed by atoms with E-state index in [-0.39, 0.29) is 5.57 Å². The first kappa shape index (κ1) is 12.9. The molecule has 0 spiro atoms. The average Bonchev–Trinajstić information content (AvgIpc) is 2.19. The molecule has 82 valence electrons. The second kappa shape index (κ2) is 7.34. The van der Waals surface area contributed by atoms with Crippen LogP contribution in [-0.2, 0) is 19.0 Å². The van der Waals surface area contributed by atoms with E-state index < -0.39 is 12.3 Å². The van der Waals surface area contributed by atoms with Gasteiger partial charge in [0, 0.05) is 13.2 Å². The molecule has 0 aliphatic carbocycles. The molecule has 0 aliphatic rings. The summed E-state index contributed by atoms with van der Waals surface area (Å²) in [6.45, 7) is 4.27. The number of hydrogen-bond acceptors (Lipinski definition) is 5. The van der Waals surface area contributed by atoms with E-state index in [0.29, 0.717) is 19.5 Å². The van der Waals surface area contributed by atoms with E-state index in [1.54, 1.807) is 13.8 Å². The summed E-state index contributed by atoms with van der Waals surface area (Å²) in [4.78, 5) is 11.1. The van der Waals surface area contributed by atoms with Crippen LogP contribution in [0.15, 0.2) is 11.8 Å². The molecule has 0 fully saturated rings. The molecule has 0 aromatic carbocycles. The zero-order chi connectivity index (χ0) is 11.0. The topological polar surface area (TPSA) is 65.0 Å². The fraction of sp³-hybridized carbons (Fsp3) is 0.667. The fourth-order valence-electron chi connectivity index (χ4n) is 0.858. The highest BCUT2D eigenvalue weighted by Gasteiger charge is 2.22. The Bertz CT molecular complexity index is 193. The largest absolute Gasteiger partial charge is 0.515 e. The van der Waals surface area contributed by atoms with E-state index in [0.717, 1.165) is 0 Å². The lowest BCUT2D eigenvalue weighted by Gasteiger charge is -2.17. The van der Waals surface area contributed by atoms with Crippen LogP contribution < -0.4 is 0 Å². The summed E-state index contributed by atoms with van der Waals surface area (Å²) in [5.41, 5.74) is -0.0452. The van der Waals surface area contributed by atoms with Crippen LogP contribution in [0.25, 0.3) is 0 Å². The molecule has 0 aromatic rings. The smallest absolute Gasteiger partial charge is 0.342 e. The molecule has 0 bridgehead atoms. The number of esters is 1. The summed E-state index contributed by atoms with van der Waals surface area (Å²) >= 11 is 0. The van der Waals surface area contributed by atoms with E-state index in [1.165, 1.54) is 7.11 Å². The van der Waals surface area contributed by atoms with Crippen molar-refractivity contribution >= 4 is 5.97 Å². The fourth-order valence-corrected chi connectivity index (χ4v) is 0.858. The Labute approximate surface area is 83.3 Å². The summed E-state index contributed by atoms with van der Waals surface area (Å²) in [5.74, 6) is -0.667. The minimum atomic E-state index is -0.873. The monoisotopic (exact) mass is 204 g/mol. The third kappa shape index (κ3) is 3.76. The Morgan fingerprint density at radius 1 is 1.36 bits per heavy atom. The summed E-state index contributed by atoms with van der Waals surface area (Å²) < 4.78 is 14.7. The van der Waals surface area contributed by atoms with E-state index in [1.807, 2.05) is 0 Å². The van der Waals surface area contributed by atoms with Crippen molar-refractivity contribution in [2.75, 3.05) is 20.3 Å². The molecule has 0 atom stereocenters. The summed E-state index contributed by atoms with van der Waals surface area (Å²) in [6, 6.07) is 0. The SMILES string of the molecule is CCOC(OCC)C(=CO)C(=O)OC. The molecular weight excluding hydrogens is 188 g/mol. The van der Waals surface area contributed by atoms with Gasteiger partial charge in [0.2, 0.25) is 0 Å². The van der Waals surface area contributed by atoms with Crippen LogP contribution in [0, 0.1) is 0 Å². The standard InChI is InChI=1S/C9H16O5/c1-4-13-9(14-5-2)7(6-10)8(11)12-3/h6,9-10H,4-5H2,1-3H3. The van der Waals surface area contributed by atoms with Crippen molar-refractivity contribution in [2.45, 2.75) is 20.1 Å². The van der Waals surface area contributed by atoms with E-state index >= 15 is 0 Å². The van der Waals surface area contributed by atoms with Crippen LogP contribution >= 0.6 is 0 Å². The molecule has 0 aromatic heterocycles. The minimum absolute atomic E-state index is 0.0452. The van der Waals surface area contributed by atoms with Crippen molar-refractivity contribution < 1.29 is 24.1 Å². The van der Waals surface area contributed by atoms with Gasteiger partial charge in [-0.15, -0.1) is 0 Å². The lowest BCUT2D eigenvalue weighted by molar-refractivity contribution is -0.148. The van der Waals surface area contributed by atoms with Crippen LogP contribution in [0.1, 0.15) is 13.8 Å². The lowest BCUT2D eigenvalue weighted by Crippen LogP contribution is -2.25. The van der Waals surface area contributed by atoms with Crippen molar-refractivity contribution in [3.8, 4) is 0 Å². The zero-order valence-electron chi connectivity index (χ0n) is 8.65. The predicted octanol–water partition coefficient (Wildman–Crippen LogP) is 1.00. The van der Waals surface area contributed by atoms with Gasteiger partial charge < -0.3 is 19.3 Å². The number of carbonyl (C=O) groups excluding carboxylic acids is 1.